The maximum absolute atomic E-state index is 12.2. The van der Waals surface area contributed by atoms with Crippen molar-refractivity contribution < 1.29 is 9.53 Å². The van der Waals surface area contributed by atoms with Gasteiger partial charge in [0.25, 0.3) is 0 Å². The fourth-order valence-electron chi connectivity index (χ4n) is 4.31. The maximum Gasteiger partial charge on any atom is 0.308 e. The summed E-state index contributed by atoms with van der Waals surface area (Å²) in [5, 5.41) is 0. The molecule has 2 saturated heterocycles. The Labute approximate surface area is 147 Å². The molecule has 132 valence electrons. The molecule has 0 aromatic carbocycles. The van der Waals surface area contributed by atoms with Crippen molar-refractivity contribution in [1.82, 2.24) is 0 Å². The number of carbonyl (C=O) groups excluding carboxylic acids is 1. The van der Waals surface area contributed by atoms with E-state index >= 15 is 0 Å². The quantitative estimate of drug-likeness (QED) is 0.318. The van der Waals surface area contributed by atoms with Crippen LogP contribution >= 0.6 is 0 Å². The highest BCUT2D eigenvalue weighted by Crippen LogP contribution is 2.40. The summed E-state index contributed by atoms with van der Waals surface area (Å²) in [4.78, 5) is 12.2. The first-order valence-electron chi connectivity index (χ1n) is 10.1. The molecule has 4 heteroatoms. The van der Waals surface area contributed by atoms with Crippen molar-refractivity contribution in [3.05, 3.63) is 0 Å². The monoisotopic (exact) mass is 352 g/mol. The van der Waals surface area contributed by atoms with Crippen LogP contribution in [0.25, 0.3) is 0 Å². The SMILES string of the molecule is CCCCCOC(=O)C1CC[Si](C2CC[Si](CCC)CC2)CC1. The van der Waals surface area contributed by atoms with Crippen LogP contribution in [0.1, 0.15) is 65.2 Å². The summed E-state index contributed by atoms with van der Waals surface area (Å²) in [6.07, 6.45) is 10.1. The number of ether oxygens (including phenoxy) is 1. The number of hydrogen-bond acceptors (Lipinski definition) is 2. The molecular formula is C19H36O2Si2. The van der Waals surface area contributed by atoms with Crippen molar-refractivity contribution >= 4 is 23.6 Å². The molecule has 2 radical (unpaired) electrons. The zero-order valence-corrected chi connectivity index (χ0v) is 17.4. The van der Waals surface area contributed by atoms with E-state index in [0.29, 0.717) is 6.61 Å². The lowest BCUT2D eigenvalue weighted by Gasteiger charge is -2.35. The predicted octanol–water partition coefficient (Wildman–Crippen LogP) is 5.69. The number of hydrogen-bond donors (Lipinski definition) is 0. The second kappa shape index (κ2) is 10.7. The Balaban J connectivity index is 1.63. The van der Waals surface area contributed by atoms with Crippen molar-refractivity contribution in [3.8, 4) is 0 Å². The molecule has 0 aromatic rings. The van der Waals surface area contributed by atoms with Crippen molar-refractivity contribution in [3.63, 3.8) is 0 Å². The standard InChI is InChI=1S/C19H36O2Si2/c1-3-5-6-11-21-19(20)17-7-15-23(16-8-17)18-9-13-22(12-4-2)14-10-18/h17-18H,3-16H2,1-2H3. The van der Waals surface area contributed by atoms with Gasteiger partial charge in [-0.1, -0.05) is 76.2 Å². The molecule has 2 aliphatic heterocycles. The van der Waals surface area contributed by atoms with Crippen molar-refractivity contribution in [2.75, 3.05) is 6.61 Å². The first-order chi connectivity index (χ1) is 11.2. The minimum absolute atomic E-state index is 0.0343. The highest BCUT2D eigenvalue weighted by molar-refractivity contribution is 6.63. The Morgan fingerprint density at radius 2 is 1.65 bits per heavy atom. The Morgan fingerprint density at radius 3 is 2.26 bits per heavy atom. The first kappa shape index (κ1) is 19.2. The van der Waals surface area contributed by atoms with Crippen LogP contribution in [-0.2, 0) is 9.53 Å². The van der Waals surface area contributed by atoms with Gasteiger partial charge in [0, 0.05) is 8.80 Å². The van der Waals surface area contributed by atoms with Gasteiger partial charge >= 0.3 is 5.97 Å². The lowest BCUT2D eigenvalue weighted by atomic mass is 10.0. The molecule has 2 heterocycles. The normalized spacial score (nSPS) is 22.3. The van der Waals surface area contributed by atoms with E-state index in [1.165, 1.54) is 44.2 Å². The number of esters is 1. The fraction of sp³-hybridized carbons (Fsp3) is 0.947. The van der Waals surface area contributed by atoms with Crippen molar-refractivity contribution in [1.29, 1.82) is 0 Å². The summed E-state index contributed by atoms with van der Waals surface area (Å²) in [5.74, 6) is 0.341. The minimum atomic E-state index is -0.172. The average molecular weight is 353 g/mol. The van der Waals surface area contributed by atoms with Crippen molar-refractivity contribution in [2.45, 2.75) is 101 Å². The zero-order chi connectivity index (χ0) is 16.5. The lowest BCUT2D eigenvalue weighted by Crippen LogP contribution is -2.33. The summed E-state index contributed by atoms with van der Waals surface area (Å²) < 4.78 is 5.48. The third-order valence-corrected chi connectivity index (χ3v) is 12.6. The Bertz CT molecular complexity index is 332. The molecule has 0 aliphatic carbocycles. The molecule has 2 aliphatic rings. The van der Waals surface area contributed by atoms with E-state index in [0.717, 1.165) is 24.8 Å². The molecule has 2 nitrogen and oxygen atoms in total. The van der Waals surface area contributed by atoms with E-state index in [2.05, 4.69) is 13.8 Å². The molecule has 0 atom stereocenters. The van der Waals surface area contributed by atoms with E-state index in [4.69, 9.17) is 4.74 Å². The highest BCUT2D eigenvalue weighted by atomic mass is 28.3. The molecular weight excluding hydrogens is 316 g/mol. The topological polar surface area (TPSA) is 26.3 Å². The Hall–Kier alpha value is -0.0962. The molecule has 0 unspecified atom stereocenters. The van der Waals surface area contributed by atoms with Gasteiger partial charge in [0.05, 0.1) is 21.3 Å². The van der Waals surface area contributed by atoms with Crippen LogP contribution < -0.4 is 0 Å². The summed E-state index contributed by atoms with van der Waals surface area (Å²) in [6, 6.07) is 7.46. The summed E-state index contributed by atoms with van der Waals surface area (Å²) in [7, 11) is -0.138. The van der Waals surface area contributed by atoms with Gasteiger partial charge in [-0.25, -0.2) is 0 Å². The van der Waals surface area contributed by atoms with Crippen LogP contribution in [0.4, 0.5) is 0 Å². The van der Waals surface area contributed by atoms with Gasteiger partial charge in [0.1, 0.15) is 0 Å². The average Bonchev–Trinajstić information content (AvgIpc) is 2.60. The summed E-state index contributed by atoms with van der Waals surface area (Å²) in [6.45, 7) is 5.18. The fourth-order valence-corrected chi connectivity index (χ4v) is 11.5. The van der Waals surface area contributed by atoms with Crippen LogP contribution in [0, 0.1) is 5.92 Å². The molecule has 0 aromatic heterocycles. The van der Waals surface area contributed by atoms with Gasteiger partial charge in [0.15, 0.2) is 0 Å². The van der Waals surface area contributed by atoms with E-state index in [1.807, 2.05) is 0 Å². The van der Waals surface area contributed by atoms with Crippen molar-refractivity contribution in [2.24, 2.45) is 5.92 Å². The molecule has 0 N–H and O–H groups in total. The predicted molar refractivity (Wildman–Crippen MR) is 102 cm³/mol. The van der Waals surface area contributed by atoms with Crippen LogP contribution in [-0.4, -0.2) is 30.2 Å². The van der Waals surface area contributed by atoms with Gasteiger partial charge in [-0.3, -0.25) is 4.79 Å². The Morgan fingerprint density at radius 1 is 0.957 bits per heavy atom. The second-order valence-electron chi connectivity index (χ2n) is 7.58. The van der Waals surface area contributed by atoms with Gasteiger partial charge in [-0.2, -0.15) is 0 Å². The largest absolute Gasteiger partial charge is 0.465 e. The van der Waals surface area contributed by atoms with E-state index < -0.39 is 0 Å². The number of carbonyl (C=O) groups is 1. The molecule has 0 spiro atoms. The minimum Gasteiger partial charge on any atom is -0.465 e. The lowest BCUT2D eigenvalue weighted by molar-refractivity contribution is -0.149. The number of unbranched alkanes of at least 4 members (excludes halogenated alkanes) is 2. The highest BCUT2D eigenvalue weighted by Gasteiger charge is 2.34. The van der Waals surface area contributed by atoms with Crippen LogP contribution in [0.2, 0.25) is 35.8 Å². The van der Waals surface area contributed by atoms with Crippen LogP contribution in [0.5, 0.6) is 0 Å². The van der Waals surface area contributed by atoms with Crippen LogP contribution in [0.15, 0.2) is 0 Å². The smallest absolute Gasteiger partial charge is 0.308 e. The summed E-state index contributed by atoms with van der Waals surface area (Å²) >= 11 is 0. The number of rotatable bonds is 8. The third-order valence-electron chi connectivity index (χ3n) is 5.83. The molecule has 23 heavy (non-hydrogen) atoms. The zero-order valence-electron chi connectivity index (χ0n) is 15.4. The van der Waals surface area contributed by atoms with Gasteiger partial charge < -0.3 is 4.74 Å². The molecule has 0 saturated carbocycles. The summed E-state index contributed by atoms with van der Waals surface area (Å²) in [5.41, 5.74) is 1.08. The van der Waals surface area contributed by atoms with Gasteiger partial charge in [0.2, 0.25) is 0 Å². The van der Waals surface area contributed by atoms with E-state index in [9.17, 15) is 4.79 Å². The Kier molecular flexibility index (Phi) is 8.95. The molecule has 2 fully saturated rings. The van der Waals surface area contributed by atoms with E-state index in [-0.39, 0.29) is 29.5 Å². The first-order valence-corrected chi connectivity index (χ1v) is 14.2. The van der Waals surface area contributed by atoms with Gasteiger partial charge in [-0.15, -0.1) is 0 Å². The van der Waals surface area contributed by atoms with Gasteiger partial charge in [-0.05, 0) is 24.8 Å². The van der Waals surface area contributed by atoms with Crippen LogP contribution in [0.3, 0.4) is 0 Å². The second-order valence-corrected chi connectivity index (χ2v) is 13.7. The molecule has 0 amide bonds. The maximum atomic E-state index is 12.2. The van der Waals surface area contributed by atoms with E-state index in [1.54, 1.807) is 18.1 Å². The third kappa shape index (κ3) is 6.37. The molecule has 2 rings (SSSR count). The molecule has 0 bridgehead atoms.